The summed E-state index contributed by atoms with van der Waals surface area (Å²) in [5.41, 5.74) is -2.95. The molecule has 9 nitrogen and oxygen atoms in total. The highest BCUT2D eigenvalue weighted by atomic mass is 127. The Kier molecular flexibility index (Phi) is 12.7. The molecule has 2 aromatic carbocycles. The minimum absolute atomic E-state index is 0.0245. The third-order valence-corrected chi connectivity index (χ3v) is 8.62. The molecule has 0 radical (unpaired) electrons. The van der Waals surface area contributed by atoms with Gasteiger partial charge in [-0.25, -0.2) is 9.55 Å². The molecule has 0 aliphatic rings. The molecule has 1 aromatic heterocycles. The predicted molar refractivity (Wildman–Crippen MR) is 179 cm³/mol. The Labute approximate surface area is 288 Å². The molecule has 0 aliphatic heterocycles. The lowest BCUT2D eigenvalue weighted by molar-refractivity contribution is -0.143. The highest BCUT2D eigenvalue weighted by molar-refractivity contribution is 14.1. The fourth-order valence-electron chi connectivity index (χ4n) is 4.91. The van der Waals surface area contributed by atoms with Gasteiger partial charge in [0.15, 0.2) is 0 Å². The van der Waals surface area contributed by atoms with Crippen LogP contribution in [0.5, 0.6) is 0 Å². The van der Waals surface area contributed by atoms with Gasteiger partial charge >= 0.3 is 20.2 Å². The number of carbonyl (C=O) groups is 1. The smallest absolute Gasteiger partial charge is 0.355 e. The maximum Gasteiger partial charge on any atom is 0.470 e. The molecule has 3 aromatic rings. The lowest BCUT2D eigenvalue weighted by Gasteiger charge is -2.32. The zero-order chi connectivity index (χ0) is 36.2. The Morgan fingerprint density at radius 1 is 0.896 bits per heavy atom. The Morgan fingerprint density at radius 2 is 1.46 bits per heavy atom. The third kappa shape index (κ3) is 10.1. The fraction of sp³-hybridized carbons (Fsp3) is 0.419. The van der Waals surface area contributed by atoms with Crippen LogP contribution in [0.3, 0.4) is 0 Å². The predicted octanol–water partition coefficient (Wildman–Crippen LogP) is 7.28. The van der Waals surface area contributed by atoms with E-state index in [-0.39, 0.29) is 18.5 Å². The maximum absolute atomic E-state index is 14.0. The van der Waals surface area contributed by atoms with Gasteiger partial charge in [0.2, 0.25) is 5.91 Å². The summed E-state index contributed by atoms with van der Waals surface area (Å²) in [7, 11) is -1.65. The average molecular weight is 817 g/mol. The molecule has 17 heteroatoms. The summed E-state index contributed by atoms with van der Waals surface area (Å²) in [6.07, 6.45) is -8.73. The van der Waals surface area contributed by atoms with Crippen molar-refractivity contribution >= 4 is 47.8 Å². The van der Waals surface area contributed by atoms with E-state index in [0.717, 1.165) is 5.56 Å². The summed E-state index contributed by atoms with van der Waals surface area (Å²) < 4.78 is 98.3. The number of aromatic nitrogens is 1. The summed E-state index contributed by atoms with van der Waals surface area (Å²) in [6.45, 7) is 5.32. The minimum atomic E-state index is -5.08. The molecule has 0 aliphatic carbocycles. The summed E-state index contributed by atoms with van der Waals surface area (Å²) in [6, 6.07) is 10.2. The first-order valence-corrected chi connectivity index (χ1v) is 17.5. The number of amides is 1. The van der Waals surface area contributed by atoms with E-state index in [2.05, 4.69) is 32.1 Å². The monoisotopic (exact) mass is 816 g/mol. The number of alkyl halides is 7. The number of hydrogen-bond acceptors (Lipinski definition) is 6. The van der Waals surface area contributed by atoms with Crippen molar-refractivity contribution in [3.05, 3.63) is 77.0 Å². The summed E-state index contributed by atoms with van der Waals surface area (Å²) in [5, 5.41) is 0. The summed E-state index contributed by atoms with van der Waals surface area (Å²) >= 11 is 2.19. The largest absolute Gasteiger partial charge is 0.470 e. The van der Waals surface area contributed by atoms with Gasteiger partial charge in [-0.15, -0.1) is 0 Å². The van der Waals surface area contributed by atoms with Gasteiger partial charge in [-0.2, -0.15) is 26.3 Å². The molecule has 0 saturated heterocycles. The molecular weight excluding hydrogens is 780 g/mol. The van der Waals surface area contributed by atoms with Crippen molar-refractivity contribution in [1.82, 2.24) is 9.88 Å². The Hall–Kier alpha value is -2.76. The zero-order valence-electron chi connectivity index (χ0n) is 26.7. The van der Waals surface area contributed by atoms with Crippen molar-refractivity contribution in [1.29, 1.82) is 0 Å². The molecule has 1 amide bonds. The van der Waals surface area contributed by atoms with Gasteiger partial charge < -0.3 is 19.6 Å². The molecule has 264 valence electrons. The van der Waals surface area contributed by atoms with Crippen molar-refractivity contribution in [2.45, 2.75) is 38.5 Å². The number of benzene rings is 2. The van der Waals surface area contributed by atoms with E-state index in [9.17, 15) is 35.7 Å². The topological polar surface area (TPSA) is 106 Å². The SMILES string of the molecule is Cc1ccccc1-c1cc(N(CCI)CCN(C)COP(=O)(O)O)ncc1N(C)C(=O)C(C)(C)c1cc(C(F)(F)F)cc(C(F)(F)F)c1. The van der Waals surface area contributed by atoms with Crippen LogP contribution in [0.4, 0.5) is 37.8 Å². The molecule has 0 bridgehead atoms. The molecule has 2 N–H and O–H groups in total. The number of aryl methyl sites for hydroxylation is 1. The van der Waals surface area contributed by atoms with E-state index in [1.165, 1.54) is 32.0 Å². The van der Waals surface area contributed by atoms with Crippen molar-refractivity contribution in [2.24, 2.45) is 0 Å². The molecule has 3 rings (SSSR count). The van der Waals surface area contributed by atoms with E-state index in [1.807, 2.05) is 30.0 Å². The first kappa shape index (κ1) is 39.7. The van der Waals surface area contributed by atoms with Crippen LogP contribution < -0.4 is 9.80 Å². The Morgan fingerprint density at radius 3 is 1.98 bits per heavy atom. The zero-order valence-corrected chi connectivity index (χ0v) is 29.8. The van der Waals surface area contributed by atoms with Gasteiger partial charge in [0.1, 0.15) is 12.5 Å². The Balaban J connectivity index is 2.08. The van der Waals surface area contributed by atoms with Crippen molar-refractivity contribution in [3.63, 3.8) is 0 Å². The number of phosphoric ester groups is 1. The Bertz CT molecular complexity index is 1620. The van der Waals surface area contributed by atoms with Crippen LogP contribution in [0, 0.1) is 6.92 Å². The number of phosphoric acid groups is 1. The lowest BCUT2D eigenvalue weighted by Crippen LogP contribution is -2.42. The van der Waals surface area contributed by atoms with E-state index < -0.39 is 48.2 Å². The molecule has 0 spiro atoms. The molecule has 0 atom stereocenters. The number of nitrogens with zero attached hydrogens (tertiary/aromatic N) is 4. The molecule has 0 fully saturated rings. The number of rotatable bonds is 13. The lowest BCUT2D eigenvalue weighted by atomic mass is 9.81. The van der Waals surface area contributed by atoms with Gasteiger partial charge in [0.05, 0.1) is 28.4 Å². The van der Waals surface area contributed by atoms with Crippen molar-refractivity contribution < 1.29 is 50.0 Å². The van der Waals surface area contributed by atoms with Gasteiger partial charge in [0.25, 0.3) is 0 Å². The number of halogens is 7. The molecule has 1 heterocycles. The van der Waals surface area contributed by atoms with E-state index >= 15 is 0 Å². The number of hydrogen-bond donors (Lipinski definition) is 2. The van der Waals surface area contributed by atoms with Gasteiger partial charge in [-0.1, -0.05) is 46.9 Å². The van der Waals surface area contributed by atoms with E-state index in [1.54, 1.807) is 24.1 Å². The van der Waals surface area contributed by atoms with Crippen LogP contribution >= 0.6 is 30.4 Å². The maximum atomic E-state index is 14.0. The highest BCUT2D eigenvalue weighted by Gasteiger charge is 2.41. The van der Waals surface area contributed by atoms with Crippen LogP contribution in [-0.4, -0.2) is 70.5 Å². The van der Waals surface area contributed by atoms with Gasteiger partial charge in [-0.3, -0.25) is 14.2 Å². The quantitative estimate of drug-likeness (QED) is 0.0611. The highest BCUT2D eigenvalue weighted by Crippen LogP contribution is 2.41. The van der Waals surface area contributed by atoms with Gasteiger partial charge in [0, 0.05) is 36.7 Å². The summed E-state index contributed by atoms with van der Waals surface area (Å²) in [4.78, 5) is 41.3. The fourth-order valence-corrected chi connectivity index (χ4v) is 5.84. The minimum Gasteiger partial charge on any atom is -0.355 e. The van der Waals surface area contributed by atoms with Gasteiger partial charge in [-0.05, 0) is 68.8 Å². The molecule has 48 heavy (non-hydrogen) atoms. The summed E-state index contributed by atoms with van der Waals surface area (Å²) in [5.74, 6) is -0.263. The van der Waals surface area contributed by atoms with Crippen molar-refractivity contribution in [2.75, 3.05) is 54.7 Å². The first-order valence-electron chi connectivity index (χ1n) is 14.4. The second kappa shape index (κ2) is 15.4. The van der Waals surface area contributed by atoms with Crippen LogP contribution in [0.15, 0.2) is 54.7 Å². The third-order valence-electron chi connectivity index (χ3n) is 7.69. The molecular formula is C31H36F6IN4O5P. The molecule has 0 saturated carbocycles. The number of anilines is 2. The standard InChI is InChI=1S/C31H36F6IN4O5P/c1-20-8-6-7-9-24(20)25-17-27(42(11-10-38)13-12-40(4)19-47-48(44,45)46)39-18-26(25)41(5)28(43)29(2,3)21-14-22(30(32,33)34)16-23(15-21)31(35,36)37/h6-9,14-18H,10-13,19H2,1-5H3,(H2,44,45,46). The van der Waals surface area contributed by atoms with Crippen LogP contribution in [0.25, 0.3) is 11.1 Å². The average Bonchev–Trinajstić information content (AvgIpc) is 2.99. The van der Waals surface area contributed by atoms with Crippen LogP contribution in [0.1, 0.15) is 36.1 Å². The van der Waals surface area contributed by atoms with E-state index in [0.29, 0.717) is 53.1 Å². The number of pyridine rings is 1. The van der Waals surface area contributed by atoms with Crippen molar-refractivity contribution in [3.8, 4) is 11.1 Å². The second-order valence-electron chi connectivity index (χ2n) is 11.7. The number of likely N-dealkylation sites (N-methyl/N-ethyl adjacent to an activating group) is 2. The first-order chi connectivity index (χ1) is 22.1. The van der Waals surface area contributed by atoms with E-state index in [4.69, 9.17) is 9.79 Å². The van der Waals surface area contributed by atoms with Crippen LogP contribution in [0.2, 0.25) is 0 Å². The number of carbonyl (C=O) groups excluding carboxylic acids is 1. The molecule has 0 unspecified atom stereocenters. The normalized spacial score (nSPS) is 12.8. The van der Waals surface area contributed by atoms with Crippen LogP contribution in [-0.2, 0) is 31.7 Å². The second-order valence-corrected chi connectivity index (χ2v) is 14.0.